The summed E-state index contributed by atoms with van der Waals surface area (Å²) in [5.41, 5.74) is 2.77. The number of halogens is 1. The Bertz CT molecular complexity index is 1730. The van der Waals surface area contributed by atoms with Crippen LogP contribution in [0, 0.1) is 17.8 Å². The number of hydrogen-bond acceptors (Lipinski definition) is 2. The molecule has 0 saturated heterocycles. The molecule has 1 atom stereocenters. The predicted octanol–water partition coefficient (Wildman–Crippen LogP) is 7.43. The molecule has 0 radical (unpaired) electrons. The molecule has 5 heteroatoms. The first-order valence-corrected chi connectivity index (χ1v) is 13.2. The van der Waals surface area contributed by atoms with Crippen molar-refractivity contribution in [3.63, 3.8) is 0 Å². The number of pyridine rings is 1. The summed E-state index contributed by atoms with van der Waals surface area (Å²) in [4.78, 5) is 20.2. The van der Waals surface area contributed by atoms with Gasteiger partial charge in [-0.25, -0.2) is 9.78 Å². The van der Waals surface area contributed by atoms with Crippen LogP contribution in [0.3, 0.4) is 0 Å². The van der Waals surface area contributed by atoms with E-state index in [-0.39, 0.29) is 11.9 Å². The zero-order valence-electron chi connectivity index (χ0n) is 20.6. The smallest absolute Gasteiger partial charge is 0.317 e. The molecular formula is C33H24ClN3O. The summed E-state index contributed by atoms with van der Waals surface area (Å²) >= 11 is 6.55. The van der Waals surface area contributed by atoms with E-state index in [1.54, 1.807) is 6.20 Å². The average molecular weight is 514 g/mol. The first-order valence-electron chi connectivity index (χ1n) is 12.9. The van der Waals surface area contributed by atoms with E-state index in [2.05, 4.69) is 76.7 Å². The summed E-state index contributed by atoms with van der Waals surface area (Å²) in [7, 11) is 0. The van der Waals surface area contributed by atoms with Crippen LogP contribution in [0.25, 0.3) is 21.5 Å². The van der Waals surface area contributed by atoms with Crippen molar-refractivity contribution in [2.45, 2.75) is 24.9 Å². The third-order valence-electron chi connectivity index (χ3n) is 7.66. The second-order valence-corrected chi connectivity index (χ2v) is 10.5. The van der Waals surface area contributed by atoms with Gasteiger partial charge in [0, 0.05) is 16.8 Å². The fourth-order valence-corrected chi connectivity index (χ4v) is 5.88. The largest absolute Gasteiger partial charge is 0.323 e. The van der Waals surface area contributed by atoms with E-state index in [0.29, 0.717) is 17.3 Å². The number of nitrogens with zero attached hydrogens (tertiary/aromatic N) is 2. The van der Waals surface area contributed by atoms with Gasteiger partial charge in [0.1, 0.15) is 11.2 Å². The van der Waals surface area contributed by atoms with Crippen LogP contribution in [0.2, 0.25) is 5.02 Å². The zero-order valence-corrected chi connectivity index (χ0v) is 21.4. The van der Waals surface area contributed by atoms with Crippen molar-refractivity contribution in [2.75, 3.05) is 4.90 Å². The van der Waals surface area contributed by atoms with Gasteiger partial charge in [-0.05, 0) is 88.2 Å². The Morgan fingerprint density at radius 1 is 0.921 bits per heavy atom. The number of hydrogen-bond donors (Lipinski definition) is 1. The van der Waals surface area contributed by atoms with Gasteiger partial charge in [0.15, 0.2) is 0 Å². The van der Waals surface area contributed by atoms with Gasteiger partial charge in [-0.15, -0.1) is 0 Å². The molecule has 0 unspecified atom stereocenters. The highest BCUT2D eigenvalue weighted by atomic mass is 35.5. The van der Waals surface area contributed by atoms with E-state index >= 15 is 0 Å². The van der Waals surface area contributed by atoms with Crippen molar-refractivity contribution in [1.82, 2.24) is 10.3 Å². The van der Waals surface area contributed by atoms with Crippen molar-refractivity contribution < 1.29 is 4.79 Å². The van der Waals surface area contributed by atoms with Crippen LogP contribution < -0.4 is 10.2 Å². The fourth-order valence-electron chi connectivity index (χ4n) is 5.70. The number of carbonyl (C=O) groups excluding carboxylic acids is 1. The predicted molar refractivity (Wildman–Crippen MR) is 153 cm³/mol. The minimum atomic E-state index is -0.813. The Morgan fingerprint density at radius 3 is 2.32 bits per heavy atom. The van der Waals surface area contributed by atoms with Crippen LogP contribution in [0.5, 0.6) is 0 Å². The normalized spacial score (nSPS) is 18.6. The van der Waals surface area contributed by atoms with E-state index in [1.165, 1.54) is 0 Å². The maximum Gasteiger partial charge on any atom is 0.323 e. The number of benzene rings is 4. The van der Waals surface area contributed by atoms with Crippen molar-refractivity contribution in [2.24, 2.45) is 5.92 Å². The molecule has 2 amide bonds. The molecule has 1 N–H and O–H groups in total. The Hall–Kier alpha value is -4.33. The maximum atomic E-state index is 14.0. The summed E-state index contributed by atoms with van der Waals surface area (Å²) in [6, 6.07) is 30.2. The topological polar surface area (TPSA) is 45.2 Å². The molecule has 1 aliphatic carbocycles. The molecule has 5 aromatic rings. The number of rotatable bonds is 3. The van der Waals surface area contributed by atoms with Crippen molar-refractivity contribution >= 4 is 44.9 Å². The molecule has 0 bridgehead atoms. The van der Waals surface area contributed by atoms with Gasteiger partial charge >= 0.3 is 6.03 Å². The number of urea groups is 1. The molecule has 2 aliphatic rings. The average Bonchev–Trinajstić information content (AvgIpc) is 3.80. The number of nitrogens with one attached hydrogen (secondary N) is 1. The van der Waals surface area contributed by atoms with Crippen LogP contribution in [0.15, 0.2) is 97.2 Å². The van der Waals surface area contributed by atoms with Crippen LogP contribution in [0.4, 0.5) is 10.5 Å². The van der Waals surface area contributed by atoms with Crippen LogP contribution in [-0.4, -0.2) is 11.0 Å². The van der Waals surface area contributed by atoms with E-state index in [4.69, 9.17) is 11.6 Å². The number of aromatic nitrogens is 1. The highest BCUT2D eigenvalue weighted by Crippen LogP contribution is 2.51. The number of amides is 2. The fraction of sp³-hybridized carbons (Fsp3) is 0.152. The summed E-state index contributed by atoms with van der Waals surface area (Å²) in [6.07, 6.45) is 3.72. The molecule has 7 rings (SSSR count). The molecule has 38 heavy (non-hydrogen) atoms. The zero-order chi connectivity index (χ0) is 25.7. The number of anilines is 1. The van der Waals surface area contributed by atoms with Gasteiger partial charge in [-0.1, -0.05) is 72.1 Å². The quantitative estimate of drug-likeness (QED) is 0.201. The van der Waals surface area contributed by atoms with E-state index in [9.17, 15) is 4.79 Å². The Kier molecular flexibility index (Phi) is 5.35. The first kappa shape index (κ1) is 22.8. The van der Waals surface area contributed by atoms with Gasteiger partial charge in [-0.2, -0.15) is 0 Å². The lowest BCUT2D eigenvalue weighted by molar-refractivity contribution is 0.231. The second-order valence-electron chi connectivity index (χ2n) is 10.0. The first-order chi connectivity index (χ1) is 18.6. The minimum Gasteiger partial charge on any atom is -0.317 e. The summed E-state index contributed by atoms with van der Waals surface area (Å²) in [5, 5.41) is 8.56. The minimum absolute atomic E-state index is 0.154. The van der Waals surface area contributed by atoms with Gasteiger partial charge in [-0.3, -0.25) is 4.90 Å². The van der Waals surface area contributed by atoms with Gasteiger partial charge in [0.2, 0.25) is 0 Å². The van der Waals surface area contributed by atoms with Crippen molar-refractivity contribution in [3.8, 4) is 11.8 Å². The molecule has 4 nitrogen and oxygen atoms in total. The number of fused-ring (bicyclic) bond motifs is 3. The third kappa shape index (κ3) is 3.79. The molecule has 2 heterocycles. The van der Waals surface area contributed by atoms with Crippen LogP contribution in [-0.2, 0) is 12.1 Å². The SMILES string of the molecule is O=C1N[C@](C#Cc2ccccn2)(C2CC2)c2cc(Cl)ccc2N1Cc1c2ccccc2cc2ccccc12. The standard InChI is InChI=1S/C33H24ClN3O/c34-25-14-15-31-30(20-25)33(24-12-13-24,17-16-26-9-5-6-18-35-26)36-32(38)37(31)21-29-27-10-3-1-7-22(27)19-23-8-2-4-11-28(23)29/h1-11,14-15,18-20,24H,12-13,21H2,(H,36,38)/t33-/m1/s1. The van der Waals surface area contributed by atoms with E-state index < -0.39 is 5.54 Å². The molecule has 1 aromatic heterocycles. The Balaban J connectivity index is 1.40. The lowest BCUT2D eigenvalue weighted by atomic mass is 9.82. The molecular weight excluding hydrogens is 490 g/mol. The molecule has 4 aromatic carbocycles. The van der Waals surface area contributed by atoms with E-state index in [1.807, 2.05) is 41.3 Å². The van der Waals surface area contributed by atoms with Gasteiger partial charge in [0.25, 0.3) is 0 Å². The van der Waals surface area contributed by atoms with Crippen molar-refractivity contribution in [1.29, 1.82) is 0 Å². The maximum absolute atomic E-state index is 14.0. The van der Waals surface area contributed by atoms with Crippen LogP contribution in [0.1, 0.15) is 29.7 Å². The molecule has 1 fully saturated rings. The monoisotopic (exact) mass is 513 g/mol. The van der Waals surface area contributed by atoms with E-state index in [0.717, 1.165) is 51.2 Å². The second kappa shape index (κ2) is 8.90. The highest BCUT2D eigenvalue weighted by molar-refractivity contribution is 6.30. The summed E-state index contributed by atoms with van der Waals surface area (Å²) in [5.74, 6) is 6.90. The highest BCUT2D eigenvalue weighted by Gasteiger charge is 2.51. The third-order valence-corrected chi connectivity index (χ3v) is 7.90. The Labute approximate surface area is 226 Å². The Morgan fingerprint density at radius 2 is 1.63 bits per heavy atom. The molecule has 184 valence electrons. The lowest BCUT2D eigenvalue weighted by Gasteiger charge is -2.41. The van der Waals surface area contributed by atoms with Crippen LogP contribution >= 0.6 is 11.6 Å². The summed E-state index contributed by atoms with van der Waals surface area (Å²) < 4.78 is 0. The molecule has 1 saturated carbocycles. The van der Waals surface area contributed by atoms with Gasteiger partial charge in [0.05, 0.1) is 12.2 Å². The molecule has 0 spiro atoms. The van der Waals surface area contributed by atoms with Crippen molar-refractivity contribution in [3.05, 3.63) is 119 Å². The summed E-state index contributed by atoms with van der Waals surface area (Å²) in [6.45, 7) is 0.427. The molecule has 1 aliphatic heterocycles. The lowest BCUT2D eigenvalue weighted by Crippen LogP contribution is -2.57. The van der Waals surface area contributed by atoms with Gasteiger partial charge < -0.3 is 5.32 Å². The number of carbonyl (C=O) groups is 1.